The lowest BCUT2D eigenvalue weighted by Gasteiger charge is -2.34. The molecule has 1 saturated carbocycles. The average molecular weight is 235 g/mol. The summed E-state index contributed by atoms with van der Waals surface area (Å²) in [5.74, 6) is -0.496. The Morgan fingerprint density at radius 3 is 2.71 bits per heavy atom. The lowest BCUT2D eigenvalue weighted by Crippen LogP contribution is -2.37. The molecule has 1 aliphatic carbocycles. The summed E-state index contributed by atoms with van der Waals surface area (Å²) < 4.78 is 0. The molecule has 0 bridgehead atoms. The average Bonchev–Trinajstić information content (AvgIpc) is 2.29. The molecule has 0 aromatic carbocycles. The van der Waals surface area contributed by atoms with Crippen molar-refractivity contribution in [3.63, 3.8) is 0 Å². The van der Waals surface area contributed by atoms with Gasteiger partial charge in [0.2, 0.25) is 0 Å². The van der Waals surface area contributed by atoms with Crippen LogP contribution in [0.25, 0.3) is 0 Å². The third kappa shape index (κ3) is 2.93. The van der Waals surface area contributed by atoms with Crippen molar-refractivity contribution in [1.82, 2.24) is 9.97 Å². The molecule has 0 radical (unpaired) electrons. The van der Waals surface area contributed by atoms with Crippen LogP contribution >= 0.6 is 0 Å². The minimum absolute atomic E-state index is 0.0179. The highest BCUT2D eigenvalue weighted by Crippen LogP contribution is 2.30. The monoisotopic (exact) mass is 235 g/mol. The third-order valence-electron chi connectivity index (χ3n) is 3.24. The molecule has 1 aromatic heterocycles. The van der Waals surface area contributed by atoms with Crippen molar-refractivity contribution in [3.8, 4) is 0 Å². The summed E-state index contributed by atoms with van der Waals surface area (Å²) in [6.07, 6.45) is 8.70. The fraction of sp³-hybridized carbons (Fsp3) is 0.583. The Bertz CT molecular complexity index is 414. The van der Waals surface area contributed by atoms with Gasteiger partial charge in [-0.15, -0.1) is 0 Å². The molecule has 5 nitrogen and oxygen atoms in total. The number of hydrogen-bond acceptors (Lipinski definition) is 4. The second-order valence-electron chi connectivity index (χ2n) is 4.84. The Morgan fingerprint density at radius 1 is 1.35 bits per heavy atom. The molecular weight excluding hydrogens is 218 g/mol. The summed E-state index contributed by atoms with van der Waals surface area (Å²) in [5.41, 5.74) is -0.00115. The van der Waals surface area contributed by atoms with Gasteiger partial charge in [-0.1, -0.05) is 19.3 Å². The quantitative estimate of drug-likeness (QED) is 0.840. The van der Waals surface area contributed by atoms with Crippen molar-refractivity contribution in [2.45, 2.75) is 44.6 Å². The van der Waals surface area contributed by atoms with Gasteiger partial charge in [-0.2, -0.15) is 0 Å². The normalized spacial score (nSPS) is 18.6. The maximum absolute atomic E-state index is 10.8. The zero-order chi connectivity index (χ0) is 12.3. The summed E-state index contributed by atoms with van der Waals surface area (Å²) >= 11 is 0. The number of carboxylic acid groups (broad SMARTS) is 1. The molecule has 17 heavy (non-hydrogen) atoms. The van der Waals surface area contributed by atoms with E-state index in [-0.39, 0.29) is 11.2 Å². The highest BCUT2D eigenvalue weighted by molar-refractivity contribution is 5.85. The van der Waals surface area contributed by atoms with E-state index in [0.717, 1.165) is 12.8 Å². The van der Waals surface area contributed by atoms with E-state index in [0.29, 0.717) is 5.82 Å². The van der Waals surface area contributed by atoms with Crippen LogP contribution in [0.3, 0.4) is 0 Å². The van der Waals surface area contributed by atoms with E-state index in [1.54, 1.807) is 6.20 Å². The Labute approximate surface area is 100 Å². The number of anilines is 1. The number of rotatable bonds is 3. The van der Waals surface area contributed by atoms with E-state index in [1.165, 1.54) is 25.5 Å². The van der Waals surface area contributed by atoms with Gasteiger partial charge in [0.25, 0.3) is 0 Å². The summed E-state index contributed by atoms with van der Waals surface area (Å²) in [7, 11) is 0. The molecule has 5 heteroatoms. The fourth-order valence-electron chi connectivity index (χ4n) is 2.30. The molecule has 0 saturated heterocycles. The minimum atomic E-state index is -1.05. The Hall–Kier alpha value is -1.65. The zero-order valence-corrected chi connectivity index (χ0v) is 9.94. The molecule has 1 aromatic rings. The fourth-order valence-corrected chi connectivity index (χ4v) is 2.30. The molecular formula is C12H17N3O2. The zero-order valence-electron chi connectivity index (χ0n) is 9.94. The number of hydrogen-bond donors (Lipinski definition) is 2. The number of nitrogens with zero attached hydrogens (tertiary/aromatic N) is 2. The third-order valence-corrected chi connectivity index (χ3v) is 3.24. The largest absolute Gasteiger partial charge is 0.476 e. The summed E-state index contributed by atoms with van der Waals surface area (Å²) in [5, 5.41) is 12.2. The first-order valence-electron chi connectivity index (χ1n) is 5.93. The molecule has 1 aliphatic rings. The highest BCUT2D eigenvalue weighted by atomic mass is 16.4. The van der Waals surface area contributed by atoms with Gasteiger partial charge in [0.1, 0.15) is 5.82 Å². The number of aromatic carboxylic acids is 1. The van der Waals surface area contributed by atoms with Gasteiger partial charge in [-0.25, -0.2) is 9.78 Å². The van der Waals surface area contributed by atoms with E-state index >= 15 is 0 Å². The van der Waals surface area contributed by atoms with Crippen molar-refractivity contribution >= 4 is 11.8 Å². The second kappa shape index (κ2) is 4.69. The van der Waals surface area contributed by atoms with Crippen LogP contribution in [0.5, 0.6) is 0 Å². The van der Waals surface area contributed by atoms with Crippen LogP contribution < -0.4 is 5.32 Å². The van der Waals surface area contributed by atoms with Gasteiger partial charge < -0.3 is 10.4 Å². The topological polar surface area (TPSA) is 75.1 Å². The number of carboxylic acids is 1. The van der Waals surface area contributed by atoms with Crippen molar-refractivity contribution in [2.75, 3.05) is 5.32 Å². The van der Waals surface area contributed by atoms with E-state index in [9.17, 15) is 4.79 Å². The molecule has 2 rings (SSSR count). The Balaban J connectivity index is 2.12. The van der Waals surface area contributed by atoms with Gasteiger partial charge >= 0.3 is 5.97 Å². The molecule has 1 fully saturated rings. The van der Waals surface area contributed by atoms with Crippen molar-refractivity contribution in [3.05, 3.63) is 18.1 Å². The number of carbonyl (C=O) groups is 1. The molecule has 0 aliphatic heterocycles. The van der Waals surface area contributed by atoms with Gasteiger partial charge in [0, 0.05) is 5.54 Å². The van der Waals surface area contributed by atoms with Gasteiger partial charge in [0.15, 0.2) is 5.69 Å². The minimum Gasteiger partial charge on any atom is -0.476 e. The Morgan fingerprint density at radius 2 is 2.06 bits per heavy atom. The lowest BCUT2D eigenvalue weighted by atomic mass is 9.83. The molecule has 0 unspecified atom stereocenters. The lowest BCUT2D eigenvalue weighted by molar-refractivity contribution is 0.0690. The molecule has 2 N–H and O–H groups in total. The highest BCUT2D eigenvalue weighted by Gasteiger charge is 2.27. The van der Waals surface area contributed by atoms with E-state index < -0.39 is 5.97 Å². The van der Waals surface area contributed by atoms with E-state index in [2.05, 4.69) is 22.2 Å². The molecule has 92 valence electrons. The predicted molar refractivity (Wildman–Crippen MR) is 64.1 cm³/mol. The van der Waals surface area contributed by atoms with E-state index in [4.69, 9.17) is 5.11 Å². The second-order valence-corrected chi connectivity index (χ2v) is 4.84. The molecule has 0 spiro atoms. The van der Waals surface area contributed by atoms with Crippen molar-refractivity contribution in [2.24, 2.45) is 0 Å². The van der Waals surface area contributed by atoms with Crippen LogP contribution in [0.2, 0.25) is 0 Å². The standard InChI is InChI=1S/C12H17N3O2/c1-12(5-3-2-4-6-12)15-10-8-13-7-9(14-10)11(16)17/h7-8H,2-6H2,1H3,(H,14,15)(H,16,17). The SMILES string of the molecule is CC1(Nc2cncc(C(=O)O)n2)CCCCC1. The van der Waals surface area contributed by atoms with Gasteiger partial charge in [-0.3, -0.25) is 4.98 Å². The molecule has 1 heterocycles. The maximum Gasteiger partial charge on any atom is 0.356 e. The van der Waals surface area contributed by atoms with Crippen LogP contribution in [0.4, 0.5) is 5.82 Å². The van der Waals surface area contributed by atoms with Crippen LogP contribution in [0, 0.1) is 0 Å². The smallest absolute Gasteiger partial charge is 0.356 e. The van der Waals surface area contributed by atoms with Crippen molar-refractivity contribution < 1.29 is 9.90 Å². The molecule has 0 atom stereocenters. The first-order chi connectivity index (χ1) is 8.09. The maximum atomic E-state index is 10.8. The van der Waals surface area contributed by atoms with Crippen molar-refractivity contribution in [1.29, 1.82) is 0 Å². The van der Waals surface area contributed by atoms with Gasteiger partial charge in [0.05, 0.1) is 12.4 Å². The van der Waals surface area contributed by atoms with Crippen LogP contribution in [0.15, 0.2) is 12.4 Å². The van der Waals surface area contributed by atoms with Crippen LogP contribution in [-0.2, 0) is 0 Å². The van der Waals surface area contributed by atoms with Gasteiger partial charge in [-0.05, 0) is 19.8 Å². The number of aromatic nitrogens is 2. The number of nitrogens with one attached hydrogen (secondary N) is 1. The summed E-state index contributed by atoms with van der Waals surface area (Å²) in [6.45, 7) is 2.15. The Kier molecular flexibility index (Phi) is 3.26. The molecule has 0 amide bonds. The van der Waals surface area contributed by atoms with E-state index in [1.807, 2.05) is 0 Å². The first-order valence-corrected chi connectivity index (χ1v) is 5.93. The first kappa shape index (κ1) is 11.8. The van der Waals surface area contributed by atoms with Crippen LogP contribution in [0.1, 0.15) is 49.5 Å². The predicted octanol–water partition coefficient (Wildman–Crippen LogP) is 2.31. The summed E-state index contributed by atoms with van der Waals surface area (Å²) in [4.78, 5) is 18.7. The summed E-state index contributed by atoms with van der Waals surface area (Å²) in [6, 6.07) is 0. The van der Waals surface area contributed by atoms with Crippen LogP contribution in [-0.4, -0.2) is 26.6 Å².